The van der Waals surface area contributed by atoms with Gasteiger partial charge in [-0.05, 0) is 52.1 Å². The SMILES string of the molecule is CN1CCCC1CCC1(O)CC1. The molecule has 0 spiro atoms. The molecule has 2 aliphatic rings. The number of hydrogen-bond acceptors (Lipinski definition) is 2. The van der Waals surface area contributed by atoms with E-state index in [0.717, 1.165) is 25.3 Å². The third kappa shape index (κ3) is 1.80. The van der Waals surface area contributed by atoms with Crippen LogP contribution < -0.4 is 0 Å². The van der Waals surface area contributed by atoms with Crippen molar-refractivity contribution in [2.75, 3.05) is 13.6 Å². The molecule has 70 valence electrons. The molecule has 1 saturated heterocycles. The van der Waals surface area contributed by atoms with Gasteiger partial charge in [-0.2, -0.15) is 0 Å². The molecular weight excluding hydrogens is 150 g/mol. The van der Waals surface area contributed by atoms with E-state index in [1.54, 1.807) is 0 Å². The van der Waals surface area contributed by atoms with Gasteiger partial charge in [0.15, 0.2) is 0 Å². The van der Waals surface area contributed by atoms with E-state index in [-0.39, 0.29) is 5.60 Å². The Bertz CT molecular complexity index is 165. The zero-order valence-electron chi connectivity index (χ0n) is 7.92. The monoisotopic (exact) mass is 169 g/mol. The first-order chi connectivity index (χ1) is 5.70. The molecule has 0 radical (unpaired) electrons. The molecule has 0 aromatic carbocycles. The van der Waals surface area contributed by atoms with Gasteiger partial charge < -0.3 is 10.0 Å². The van der Waals surface area contributed by atoms with Gasteiger partial charge in [-0.3, -0.25) is 0 Å². The molecule has 2 fully saturated rings. The molecule has 1 heterocycles. The van der Waals surface area contributed by atoms with E-state index in [4.69, 9.17) is 0 Å². The Hall–Kier alpha value is -0.0800. The van der Waals surface area contributed by atoms with E-state index in [1.165, 1.54) is 25.8 Å². The van der Waals surface area contributed by atoms with E-state index in [2.05, 4.69) is 11.9 Å². The van der Waals surface area contributed by atoms with Crippen LogP contribution in [0.4, 0.5) is 0 Å². The average molecular weight is 169 g/mol. The summed E-state index contributed by atoms with van der Waals surface area (Å²) in [4.78, 5) is 2.44. The second-order valence-electron chi connectivity index (χ2n) is 4.54. The maximum atomic E-state index is 9.66. The predicted octanol–water partition coefficient (Wildman–Crippen LogP) is 1.39. The number of nitrogens with zero attached hydrogens (tertiary/aromatic N) is 1. The Kier molecular flexibility index (Phi) is 2.13. The molecule has 0 aromatic rings. The number of rotatable bonds is 3. The van der Waals surface area contributed by atoms with Crippen molar-refractivity contribution in [3.8, 4) is 0 Å². The fourth-order valence-corrected chi connectivity index (χ4v) is 2.17. The first-order valence-corrected chi connectivity index (χ1v) is 5.12. The third-order valence-corrected chi connectivity index (χ3v) is 3.44. The molecule has 0 aromatic heterocycles. The summed E-state index contributed by atoms with van der Waals surface area (Å²) >= 11 is 0. The van der Waals surface area contributed by atoms with Gasteiger partial charge in [0.25, 0.3) is 0 Å². The molecular formula is C10H19NO. The second kappa shape index (κ2) is 3.00. The third-order valence-electron chi connectivity index (χ3n) is 3.44. The highest BCUT2D eigenvalue weighted by molar-refractivity contribution is 4.94. The molecule has 2 heteroatoms. The predicted molar refractivity (Wildman–Crippen MR) is 49.1 cm³/mol. The summed E-state index contributed by atoms with van der Waals surface area (Å²) in [7, 11) is 2.20. The van der Waals surface area contributed by atoms with E-state index in [1.807, 2.05) is 0 Å². The van der Waals surface area contributed by atoms with Crippen molar-refractivity contribution in [3.63, 3.8) is 0 Å². The van der Waals surface area contributed by atoms with Gasteiger partial charge in [0.05, 0.1) is 5.60 Å². The molecule has 1 unspecified atom stereocenters. The lowest BCUT2D eigenvalue weighted by Crippen LogP contribution is -2.26. The number of hydrogen-bond donors (Lipinski definition) is 1. The minimum absolute atomic E-state index is 0.233. The summed E-state index contributed by atoms with van der Waals surface area (Å²) < 4.78 is 0. The Balaban J connectivity index is 1.72. The largest absolute Gasteiger partial charge is 0.390 e. The Morgan fingerprint density at radius 2 is 2.25 bits per heavy atom. The Labute approximate surface area is 74.6 Å². The molecule has 1 N–H and O–H groups in total. The molecule has 0 bridgehead atoms. The van der Waals surface area contributed by atoms with Gasteiger partial charge >= 0.3 is 0 Å². The van der Waals surface area contributed by atoms with Crippen LogP contribution in [0.5, 0.6) is 0 Å². The van der Waals surface area contributed by atoms with Crippen LogP contribution in [-0.4, -0.2) is 35.2 Å². The Morgan fingerprint density at radius 1 is 1.50 bits per heavy atom. The molecule has 1 aliphatic heterocycles. The fourth-order valence-electron chi connectivity index (χ4n) is 2.17. The quantitative estimate of drug-likeness (QED) is 0.690. The topological polar surface area (TPSA) is 23.5 Å². The van der Waals surface area contributed by atoms with E-state index in [9.17, 15) is 5.11 Å². The van der Waals surface area contributed by atoms with Gasteiger partial charge in [-0.25, -0.2) is 0 Å². The van der Waals surface area contributed by atoms with Crippen LogP contribution in [0.3, 0.4) is 0 Å². The average Bonchev–Trinajstić information content (AvgIpc) is 2.61. The van der Waals surface area contributed by atoms with Crippen molar-refractivity contribution >= 4 is 0 Å². The van der Waals surface area contributed by atoms with Crippen LogP contribution in [0.1, 0.15) is 38.5 Å². The summed E-state index contributed by atoms with van der Waals surface area (Å²) in [6, 6.07) is 0.759. The fraction of sp³-hybridized carbons (Fsp3) is 1.00. The normalized spacial score (nSPS) is 34.0. The van der Waals surface area contributed by atoms with Crippen molar-refractivity contribution in [3.05, 3.63) is 0 Å². The van der Waals surface area contributed by atoms with Gasteiger partial charge in [0, 0.05) is 6.04 Å². The first-order valence-electron chi connectivity index (χ1n) is 5.12. The molecule has 1 saturated carbocycles. The smallest absolute Gasteiger partial charge is 0.0650 e. The highest BCUT2D eigenvalue weighted by atomic mass is 16.3. The summed E-state index contributed by atoms with van der Waals surface area (Å²) in [5.74, 6) is 0. The maximum absolute atomic E-state index is 9.66. The lowest BCUT2D eigenvalue weighted by Gasteiger charge is -2.20. The van der Waals surface area contributed by atoms with Crippen molar-refractivity contribution in [2.24, 2.45) is 0 Å². The lowest BCUT2D eigenvalue weighted by molar-refractivity contribution is 0.126. The van der Waals surface area contributed by atoms with Gasteiger partial charge in [0.2, 0.25) is 0 Å². The van der Waals surface area contributed by atoms with Gasteiger partial charge in [0.1, 0.15) is 0 Å². The summed E-state index contributed by atoms with van der Waals surface area (Å²) in [5, 5.41) is 9.66. The van der Waals surface area contributed by atoms with E-state index < -0.39 is 0 Å². The zero-order valence-corrected chi connectivity index (χ0v) is 7.92. The van der Waals surface area contributed by atoms with Crippen molar-refractivity contribution in [1.29, 1.82) is 0 Å². The second-order valence-corrected chi connectivity index (χ2v) is 4.54. The molecule has 2 rings (SSSR count). The van der Waals surface area contributed by atoms with E-state index >= 15 is 0 Å². The molecule has 1 aliphatic carbocycles. The summed E-state index contributed by atoms with van der Waals surface area (Å²) in [5.41, 5.74) is -0.233. The summed E-state index contributed by atoms with van der Waals surface area (Å²) in [6.45, 7) is 1.25. The summed E-state index contributed by atoms with van der Waals surface area (Å²) in [6.07, 6.45) is 7.01. The maximum Gasteiger partial charge on any atom is 0.0650 e. The minimum atomic E-state index is -0.233. The van der Waals surface area contributed by atoms with Crippen LogP contribution in [0.2, 0.25) is 0 Å². The van der Waals surface area contributed by atoms with Crippen LogP contribution in [0, 0.1) is 0 Å². The molecule has 0 amide bonds. The van der Waals surface area contributed by atoms with Crippen molar-refractivity contribution in [1.82, 2.24) is 4.90 Å². The highest BCUT2D eigenvalue weighted by Gasteiger charge is 2.40. The van der Waals surface area contributed by atoms with E-state index in [0.29, 0.717) is 0 Å². The van der Waals surface area contributed by atoms with Crippen molar-refractivity contribution < 1.29 is 5.11 Å². The van der Waals surface area contributed by atoms with Crippen LogP contribution in [0.25, 0.3) is 0 Å². The standard InChI is InChI=1S/C10H19NO/c1-11-8-2-3-9(11)4-5-10(12)6-7-10/h9,12H,2-8H2,1H3. The van der Waals surface area contributed by atoms with Crippen LogP contribution >= 0.6 is 0 Å². The van der Waals surface area contributed by atoms with Gasteiger partial charge in [-0.15, -0.1) is 0 Å². The molecule has 12 heavy (non-hydrogen) atoms. The highest BCUT2D eigenvalue weighted by Crippen LogP contribution is 2.40. The zero-order chi connectivity index (χ0) is 8.60. The van der Waals surface area contributed by atoms with Crippen LogP contribution in [-0.2, 0) is 0 Å². The van der Waals surface area contributed by atoms with Crippen LogP contribution in [0.15, 0.2) is 0 Å². The molecule has 1 atom stereocenters. The molecule has 2 nitrogen and oxygen atoms in total. The van der Waals surface area contributed by atoms with Gasteiger partial charge in [-0.1, -0.05) is 0 Å². The number of aliphatic hydroxyl groups is 1. The minimum Gasteiger partial charge on any atom is -0.390 e. The Morgan fingerprint density at radius 3 is 2.75 bits per heavy atom. The first kappa shape index (κ1) is 8.52. The van der Waals surface area contributed by atoms with Crippen molar-refractivity contribution in [2.45, 2.75) is 50.2 Å². The number of likely N-dealkylation sites (tertiary alicyclic amines) is 1. The lowest BCUT2D eigenvalue weighted by atomic mass is 10.1.